The van der Waals surface area contributed by atoms with Crippen molar-refractivity contribution in [1.29, 1.82) is 0 Å². The highest BCUT2D eigenvalue weighted by atomic mass is 16.6. The van der Waals surface area contributed by atoms with Crippen molar-refractivity contribution in [1.82, 2.24) is 5.32 Å². The summed E-state index contributed by atoms with van der Waals surface area (Å²) in [5, 5.41) is 6.09. The van der Waals surface area contributed by atoms with E-state index in [0.717, 1.165) is 18.0 Å². The maximum absolute atomic E-state index is 11.9. The van der Waals surface area contributed by atoms with Crippen molar-refractivity contribution in [3.8, 4) is 11.5 Å². The molecule has 1 aromatic rings. The Morgan fingerprint density at radius 3 is 2.71 bits per heavy atom. The van der Waals surface area contributed by atoms with E-state index in [1.54, 1.807) is 6.07 Å². The number of anilines is 1. The van der Waals surface area contributed by atoms with Gasteiger partial charge in [-0.25, -0.2) is 0 Å². The number of nitrogens with one attached hydrogen (secondary N) is 2. The Bertz CT molecular complexity index is 542. The third-order valence-corrected chi connectivity index (χ3v) is 4.22. The average molecular weight is 290 g/mol. The van der Waals surface area contributed by atoms with Gasteiger partial charge in [0.2, 0.25) is 5.91 Å². The Hall–Kier alpha value is -1.75. The number of hydrogen-bond acceptors (Lipinski definition) is 4. The van der Waals surface area contributed by atoms with Crippen LogP contribution in [0.15, 0.2) is 18.2 Å². The van der Waals surface area contributed by atoms with Crippen molar-refractivity contribution >= 4 is 11.6 Å². The third-order valence-electron chi connectivity index (χ3n) is 4.22. The summed E-state index contributed by atoms with van der Waals surface area (Å²) in [5.41, 5.74) is 1.18. The molecule has 5 heteroatoms. The smallest absolute Gasteiger partial charge is 0.238 e. The first-order chi connectivity index (χ1) is 10.0. The minimum Gasteiger partial charge on any atom is -0.486 e. The minimum atomic E-state index is -0.0369. The molecule has 21 heavy (non-hydrogen) atoms. The van der Waals surface area contributed by atoms with E-state index in [2.05, 4.69) is 24.5 Å². The zero-order chi connectivity index (χ0) is 14.9. The SMILES string of the molecule is CC1(C)CC1CNCC(=O)Nc1ccc2c(c1)OCCO2. The van der Waals surface area contributed by atoms with E-state index in [0.29, 0.717) is 36.8 Å². The van der Waals surface area contributed by atoms with Gasteiger partial charge in [0, 0.05) is 11.8 Å². The number of carbonyl (C=O) groups excluding carboxylic acids is 1. The van der Waals surface area contributed by atoms with Gasteiger partial charge in [0.15, 0.2) is 11.5 Å². The molecule has 2 N–H and O–H groups in total. The molecule has 1 fully saturated rings. The number of carbonyl (C=O) groups is 1. The van der Waals surface area contributed by atoms with Gasteiger partial charge >= 0.3 is 0 Å². The third kappa shape index (κ3) is 3.47. The Balaban J connectivity index is 1.46. The fourth-order valence-electron chi connectivity index (χ4n) is 2.61. The Morgan fingerprint density at radius 2 is 2.00 bits per heavy atom. The lowest BCUT2D eigenvalue weighted by Gasteiger charge is -2.19. The molecule has 1 aromatic carbocycles. The van der Waals surface area contributed by atoms with Crippen molar-refractivity contribution in [2.75, 3.05) is 31.6 Å². The number of ether oxygens (including phenoxy) is 2. The van der Waals surface area contributed by atoms with Crippen LogP contribution in [-0.2, 0) is 4.79 Å². The highest BCUT2D eigenvalue weighted by molar-refractivity contribution is 5.92. The van der Waals surface area contributed by atoms with Crippen molar-refractivity contribution < 1.29 is 14.3 Å². The highest BCUT2D eigenvalue weighted by Crippen LogP contribution is 2.50. The molecule has 114 valence electrons. The number of rotatable bonds is 5. The van der Waals surface area contributed by atoms with Crippen LogP contribution >= 0.6 is 0 Å². The maximum Gasteiger partial charge on any atom is 0.238 e. The van der Waals surface area contributed by atoms with Gasteiger partial charge < -0.3 is 20.1 Å². The molecule has 1 aliphatic carbocycles. The molecule has 1 saturated carbocycles. The highest BCUT2D eigenvalue weighted by Gasteiger charge is 2.44. The molecule has 1 unspecified atom stereocenters. The quantitative estimate of drug-likeness (QED) is 0.871. The summed E-state index contributed by atoms with van der Waals surface area (Å²) in [5.74, 6) is 2.07. The van der Waals surface area contributed by atoms with E-state index in [4.69, 9.17) is 9.47 Å². The molecule has 2 aliphatic rings. The van der Waals surface area contributed by atoms with Gasteiger partial charge in [0.25, 0.3) is 0 Å². The zero-order valence-corrected chi connectivity index (χ0v) is 12.6. The lowest BCUT2D eigenvalue weighted by molar-refractivity contribution is -0.115. The number of amides is 1. The first-order valence-corrected chi connectivity index (χ1v) is 7.45. The number of benzene rings is 1. The molecule has 0 spiro atoms. The minimum absolute atomic E-state index is 0.0369. The Labute approximate surface area is 125 Å². The summed E-state index contributed by atoms with van der Waals surface area (Å²) in [6, 6.07) is 5.45. The average Bonchev–Trinajstić information content (AvgIpc) is 3.06. The van der Waals surface area contributed by atoms with Crippen LogP contribution < -0.4 is 20.1 Å². The molecule has 0 bridgehead atoms. The van der Waals surface area contributed by atoms with Gasteiger partial charge in [-0.15, -0.1) is 0 Å². The monoisotopic (exact) mass is 290 g/mol. The Morgan fingerprint density at radius 1 is 1.29 bits per heavy atom. The van der Waals surface area contributed by atoms with Gasteiger partial charge in [-0.1, -0.05) is 13.8 Å². The standard InChI is InChI=1S/C16H22N2O3/c1-16(2)8-11(16)9-17-10-15(19)18-12-3-4-13-14(7-12)21-6-5-20-13/h3-4,7,11,17H,5-6,8-10H2,1-2H3,(H,18,19). The van der Waals surface area contributed by atoms with E-state index in [9.17, 15) is 4.79 Å². The summed E-state index contributed by atoms with van der Waals surface area (Å²) in [6.07, 6.45) is 1.24. The molecule has 3 rings (SSSR count). The van der Waals surface area contributed by atoms with Gasteiger partial charge in [-0.2, -0.15) is 0 Å². The van der Waals surface area contributed by atoms with Crippen LogP contribution in [0.5, 0.6) is 11.5 Å². The molecule has 1 atom stereocenters. The summed E-state index contributed by atoms with van der Waals surface area (Å²) in [6.45, 7) is 6.87. The van der Waals surface area contributed by atoms with Crippen molar-refractivity contribution in [2.24, 2.45) is 11.3 Å². The number of hydrogen-bond donors (Lipinski definition) is 2. The molecule has 1 aliphatic heterocycles. The molecular weight excluding hydrogens is 268 g/mol. The van der Waals surface area contributed by atoms with Crippen molar-refractivity contribution in [3.05, 3.63) is 18.2 Å². The maximum atomic E-state index is 11.9. The predicted octanol–water partition coefficient (Wildman–Crippen LogP) is 2.03. The second-order valence-corrected chi connectivity index (χ2v) is 6.43. The van der Waals surface area contributed by atoms with E-state index < -0.39 is 0 Å². The predicted molar refractivity (Wildman–Crippen MR) is 80.8 cm³/mol. The molecule has 0 aromatic heterocycles. The van der Waals surface area contributed by atoms with Crippen molar-refractivity contribution in [2.45, 2.75) is 20.3 Å². The fourth-order valence-corrected chi connectivity index (χ4v) is 2.61. The van der Waals surface area contributed by atoms with Gasteiger partial charge in [-0.3, -0.25) is 4.79 Å². The molecule has 1 heterocycles. The molecule has 1 amide bonds. The normalized spacial score (nSPS) is 21.7. The lowest BCUT2D eigenvalue weighted by atomic mass is 10.1. The summed E-state index contributed by atoms with van der Waals surface area (Å²) in [7, 11) is 0. The van der Waals surface area contributed by atoms with Crippen LogP contribution in [0, 0.1) is 11.3 Å². The largest absolute Gasteiger partial charge is 0.486 e. The lowest BCUT2D eigenvalue weighted by Crippen LogP contribution is -2.30. The van der Waals surface area contributed by atoms with Crippen LogP contribution in [-0.4, -0.2) is 32.2 Å². The molecular formula is C16H22N2O3. The second-order valence-electron chi connectivity index (χ2n) is 6.43. The van der Waals surface area contributed by atoms with Crippen LogP contribution in [0.3, 0.4) is 0 Å². The van der Waals surface area contributed by atoms with E-state index >= 15 is 0 Å². The van der Waals surface area contributed by atoms with Crippen LogP contribution in [0.2, 0.25) is 0 Å². The Kier molecular flexibility index (Phi) is 3.76. The molecule has 0 radical (unpaired) electrons. The molecule has 5 nitrogen and oxygen atoms in total. The zero-order valence-electron chi connectivity index (χ0n) is 12.6. The van der Waals surface area contributed by atoms with E-state index in [1.807, 2.05) is 12.1 Å². The van der Waals surface area contributed by atoms with Gasteiger partial charge in [0.1, 0.15) is 13.2 Å². The van der Waals surface area contributed by atoms with Gasteiger partial charge in [-0.05, 0) is 36.4 Å². The first-order valence-electron chi connectivity index (χ1n) is 7.45. The second kappa shape index (κ2) is 5.56. The topological polar surface area (TPSA) is 59.6 Å². The van der Waals surface area contributed by atoms with Crippen LogP contribution in [0.4, 0.5) is 5.69 Å². The van der Waals surface area contributed by atoms with Crippen LogP contribution in [0.25, 0.3) is 0 Å². The summed E-state index contributed by atoms with van der Waals surface area (Å²) >= 11 is 0. The fraction of sp³-hybridized carbons (Fsp3) is 0.562. The summed E-state index contributed by atoms with van der Waals surface area (Å²) in [4.78, 5) is 11.9. The van der Waals surface area contributed by atoms with E-state index in [-0.39, 0.29) is 5.91 Å². The van der Waals surface area contributed by atoms with E-state index in [1.165, 1.54) is 6.42 Å². The molecule has 0 saturated heterocycles. The first kappa shape index (κ1) is 14.2. The number of fused-ring (bicyclic) bond motifs is 1. The summed E-state index contributed by atoms with van der Waals surface area (Å²) < 4.78 is 10.9. The van der Waals surface area contributed by atoms with Crippen molar-refractivity contribution in [3.63, 3.8) is 0 Å². The van der Waals surface area contributed by atoms with Crippen LogP contribution in [0.1, 0.15) is 20.3 Å². The van der Waals surface area contributed by atoms with Gasteiger partial charge in [0.05, 0.1) is 6.54 Å².